The van der Waals surface area contributed by atoms with Gasteiger partial charge in [-0.05, 0) is 38.1 Å². The van der Waals surface area contributed by atoms with Crippen molar-refractivity contribution >= 4 is 0 Å². The van der Waals surface area contributed by atoms with E-state index in [1.165, 1.54) is 57.8 Å². The molecule has 0 amide bonds. The van der Waals surface area contributed by atoms with Gasteiger partial charge in [0.2, 0.25) is 0 Å². The lowest BCUT2D eigenvalue weighted by atomic mass is 9.92. The first-order chi connectivity index (χ1) is 7.86. The van der Waals surface area contributed by atoms with Gasteiger partial charge in [0.25, 0.3) is 0 Å². The summed E-state index contributed by atoms with van der Waals surface area (Å²) in [5, 5.41) is 13.4. The first-order valence-electron chi connectivity index (χ1n) is 7.28. The molecule has 0 heterocycles. The average Bonchev–Trinajstić information content (AvgIpc) is 2.79. The van der Waals surface area contributed by atoms with Gasteiger partial charge < -0.3 is 10.4 Å². The fourth-order valence-electron chi connectivity index (χ4n) is 3.33. The Morgan fingerprint density at radius 1 is 0.938 bits per heavy atom. The highest BCUT2D eigenvalue weighted by Crippen LogP contribution is 2.28. The van der Waals surface area contributed by atoms with Crippen molar-refractivity contribution < 1.29 is 5.11 Å². The van der Waals surface area contributed by atoms with Crippen LogP contribution in [0, 0.1) is 5.92 Å². The van der Waals surface area contributed by atoms with Gasteiger partial charge in [-0.15, -0.1) is 0 Å². The summed E-state index contributed by atoms with van der Waals surface area (Å²) in [5.74, 6) is 1.01. The van der Waals surface area contributed by atoms with Gasteiger partial charge in [0, 0.05) is 6.04 Å². The van der Waals surface area contributed by atoms with E-state index in [2.05, 4.69) is 5.32 Å². The molecule has 94 valence electrons. The van der Waals surface area contributed by atoms with Gasteiger partial charge >= 0.3 is 0 Å². The van der Waals surface area contributed by atoms with Crippen molar-refractivity contribution in [2.45, 2.75) is 76.4 Å². The molecule has 2 fully saturated rings. The van der Waals surface area contributed by atoms with Crippen molar-refractivity contribution in [1.29, 1.82) is 0 Å². The SMILES string of the molecule is O[C@H]1CCCC[C@@H]1NCCCC1CCCC1. The Morgan fingerprint density at radius 3 is 2.38 bits per heavy atom. The zero-order valence-electron chi connectivity index (χ0n) is 10.5. The van der Waals surface area contributed by atoms with E-state index in [1.807, 2.05) is 0 Å². The van der Waals surface area contributed by atoms with Crippen LogP contribution in [0.25, 0.3) is 0 Å². The number of aliphatic hydroxyl groups is 1. The smallest absolute Gasteiger partial charge is 0.0693 e. The van der Waals surface area contributed by atoms with Gasteiger partial charge in [-0.1, -0.05) is 38.5 Å². The standard InChI is InChI=1S/C14H27NO/c16-14-10-4-3-9-13(14)15-11-5-8-12-6-1-2-7-12/h12-16H,1-11H2/t13-,14-/m0/s1. The molecule has 2 nitrogen and oxygen atoms in total. The van der Waals surface area contributed by atoms with Crippen LogP contribution in [-0.4, -0.2) is 23.8 Å². The lowest BCUT2D eigenvalue weighted by Crippen LogP contribution is -2.42. The van der Waals surface area contributed by atoms with Crippen LogP contribution in [0.2, 0.25) is 0 Å². The number of rotatable bonds is 5. The summed E-state index contributed by atoms with van der Waals surface area (Å²) in [6, 6.07) is 0.386. The predicted octanol–water partition coefficient (Wildman–Crippen LogP) is 2.85. The van der Waals surface area contributed by atoms with Gasteiger partial charge in [-0.3, -0.25) is 0 Å². The molecule has 0 aliphatic heterocycles. The highest BCUT2D eigenvalue weighted by molar-refractivity contribution is 4.80. The second-order valence-corrected chi connectivity index (χ2v) is 5.71. The van der Waals surface area contributed by atoms with Crippen LogP contribution >= 0.6 is 0 Å². The minimum Gasteiger partial charge on any atom is -0.392 e. The Balaban J connectivity index is 1.53. The van der Waals surface area contributed by atoms with Gasteiger partial charge in [-0.25, -0.2) is 0 Å². The largest absolute Gasteiger partial charge is 0.392 e. The maximum atomic E-state index is 9.82. The highest BCUT2D eigenvalue weighted by atomic mass is 16.3. The molecule has 16 heavy (non-hydrogen) atoms. The maximum absolute atomic E-state index is 9.82. The van der Waals surface area contributed by atoms with E-state index < -0.39 is 0 Å². The molecule has 2 rings (SSSR count). The maximum Gasteiger partial charge on any atom is 0.0693 e. The summed E-state index contributed by atoms with van der Waals surface area (Å²) in [6.07, 6.45) is 13.1. The van der Waals surface area contributed by atoms with E-state index in [9.17, 15) is 5.11 Å². The normalized spacial score (nSPS) is 32.1. The van der Waals surface area contributed by atoms with Crippen molar-refractivity contribution in [3.63, 3.8) is 0 Å². The molecule has 0 bridgehead atoms. The molecule has 0 aromatic carbocycles. The summed E-state index contributed by atoms with van der Waals surface area (Å²) >= 11 is 0. The minimum atomic E-state index is -0.0831. The van der Waals surface area contributed by atoms with Crippen molar-refractivity contribution in [3.8, 4) is 0 Å². The lowest BCUT2D eigenvalue weighted by molar-refractivity contribution is 0.0908. The van der Waals surface area contributed by atoms with Crippen LogP contribution in [-0.2, 0) is 0 Å². The van der Waals surface area contributed by atoms with Gasteiger partial charge in [0.15, 0.2) is 0 Å². The summed E-state index contributed by atoms with van der Waals surface area (Å²) in [5.41, 5.74) is 0. The molecule has 0 aromatic heterocycles. The van der Waals surface area contributed by atoms with Crippen molar-refractivity contribution in [1.82, 2.24) is 5.32 Å². The topological polar surface area (TPSA) is 32.3 Å². The third kappa shape index (κ3) is 3.74. The predicted molar refractivity (Wildman–Crippen MR) is 67.5 cm³/mol. The molecule has 0 unspecified atom stereocenters. The molecule has 0 saturated heterocycles. The second kappa shape index (κ2) is 6.61. The number of hydrogen-bond acceptors (Lipinski definition) is 2. The van der Waals surface area contributed by atoms with Crippen LogP contribution in [0.1, 0.15) is 64.2 Å². The fourth-order valence-corrected chi connectivity index (χ4v) is 3.33. The van der Waals surface area contributed by atoms with Crippen molar-refractivity contribution in [3.05, 3.63) is 0 Å². The molecular formula is C14H27NO. The summed E-state index contributed by atoms with van der Waals surface area (Å²) < 4.78 is 0. The molecule has 0 spiro atoms. The molecule has 0 aromatic rings. The highest BCUT2D eigenvalue weighted by Gasteiger charge is 2.22. The molecule has 2 saturated carbocycles. The lowest BCUT2D eigenvalue weighted by Gasteiger charge is -2.28. The summed E-state index contributed by atoms with van der Waals surface area (Å²) in [4.78, 5) is 0. The Labute approximate surface area is 99.8 Å². The Hall–Kier alpha value is -0.0800. The van der Waals surface area contributed by atoms with E-state index in [0.717, 1.165) is 18.9 Å². The molecule has 0 radical (unpaired) electrons. The zero-order valence-corrected chi connectivity index (χ0v) is 10.5. The first-order valence-corrected chi connectivity index (χ1v) is 7.28. The van der Waals surface area contributed by atoms with Gasteiger partial charge in [-0.2, -0.15) is 0 Å². The van der Waals surface area contributed by atoms with E-state index in [1.54, 1.807) is 0 Å². The van der Waals surface area contributed by atoms with Crippen LogP contribution in [0.5, 0.6) is 0 Å². The minimum absolute atomic E-state index is 0.0831. The number of nitrogens with one attached hydrogen (secondary N) is 1. The van der Waals surface area contributed by atoms with E-state index in [0.29, 0.717) is 6.04 Å². The van der Waals surface area contributed by atoms with Gasteiger partial charge in [0.05, 0.1) is 6.10 Å². The molecule has 2 atom stereocenters. The molecule has 2 N–H and O–H groups in total. The average molecular weight is 225 g/mol. The van der Waals surface area contributed by atoms with E-state index >= 15 is 0 Å². The quantitative estimate of drug-likeness (QED) is 0.705. The van der Waals surface area contributed by atoms with Crippen LogP contribution < -0.4 is 5.32 Å². The number of hydrogen-bond donors (Lipinski definition) is 2. The van der Waals surface area contributed by atoms with Crippen molar-refractivity contribution in [2.75, 3.05) is 6.54 Å². The fraction of sp³-hybridized carbons (Fsp3) is 1.00. The van der Waals surface area contributed by atoms with Crippen LogP contribution in [0.15, 0.2) is 0 Å². The molecular weight excluding hydrogens is 198 g/mol. The monoisotopic (exact) mass is 225 g/mol. The summed E-state index contributed by atoms with van der Waals surface area (Å²) in [7, 11) is 0. The molecule has 2 heteroatoms. The third-order valence-corrected chi connectivity index (χ3v) is 4.40. The zero-order chi connectivity index (χ0) is 11.2. The van der Waals surface area contributed by atoms with Crippen molar-refractivity contribution in [2.24, 2.45) is 5.92 Å². The Morgan fingerprint density at radius 2 is 1.62 bits per heavy atom. The third-order valence-electron chi connectivity index (χ3n) is 4.40. The summed E-state index contributed by atoms with van der Waals surface area (Å²) in [6.45, 7) is 1.11. The number of aliphatic hydroxyl groups excluding tert-OH is 1. The second-order valence-electron chi connectivity index (χ2n) is 5.71. The van der Waals surface area contributed by atoms with E-state index in [4.69, 9.17) is 0 Å². The first kappa shape index (κ1) is 12.4. The Bertz CT molecular complexity index is 189. The van der Waals surface area contributed by atoms with E-state index in [-0.39, 0.29) is 6.10 Å². The molecule has 2 aliphatic carbocycles. The van der Waals surface area contributed by atoms with Gasteiger partial charge in [0.1, 0.15) is 0 Å². The van der Waals surface area contributed by atoms with Crippen LogP contribution in [0.3, 0.4) is 0 Å². The van der Waals surface area contributed by atoms with Crippen LogP contribution in [0.4, 0.5) is 0 Å². The molecule has 2 aliphatic rings. The Kier molecular flexibility index (Phi) is 5.11.